The maximum atomic E-state index is 14.3. The molecule has 178 valence electrons. The molecule has 0 saturated heterocycles. The zero-order valence-corrected chi connectivity index (χ0v) is 17.7. The highest BCUT2D eigenvalue weighted by molar-refractivity contribution is 6.31. The number of hydrogen-bond donors (Lipinski definition) is 3. The van der Waals surface area contributed by atoms with E-state index in [2.05, 4.69) is 10.3 Å². The van der Waals surface area contributed by atoms with Gasteiger partial charge in [0.1, 0.15) is 12.3 Å². The van der Waals surface area contributed by atoms with Crippen LogP contribution in [0.25, 0.3) is 0 Å². The molecule has 3 rings (SSSR count). The van der Waals surface area contributed by atoms with Crippen LogP contribution in [0.4, 0.5) is 28.0 Å². The molecule has 0 unspecified atom stereocenters. The summed E-state index contributed by atoms with van der Waals surface area (Å²) in [5, 5.41) is 1.72. The Balaban J connectivity index is 1.56. The van der Waals surface area contributed by atoms with Crippen molar-refractivity contribution < 1.29 is 36.7 Å². The summed E-state index contributed by atoms with van der Waals surface area (Å²) in [6.07, 6.45) is -3.35. The monoisotopic (exact) mass is 498 g/mol. The van der Waals surface area contributed by atoms with Crippen molar-refractivity contribution >= 4 is 29.2 Å². The molecule has 0 spiro atoms. The van der Waals surface area contributed by atoms with Crippen LogP contribution in [-0.2, 0) is 12.8 Å². The van der Waals surface area contributed by atoms with Crippen LogP contribution in [-0.4, -0.2) is 16.9 Å². The van der Waals surface area contributed by atoms with Crippen LogP contribution in [0.5, 0.6) is 11.5 Å². The summed E-state index contributed by atoms with van der Waals surface area (Å²) in [5.74, 6) is -1.99. The summed E-state index contributed by atoms with van der Waals surface area (Å²) >= 11 is 5.51. The largest absolute Gasteiger partial charge is 0.486 e. The van der Waals surface area contributed by atoms with Gasteiger partial charge < -0.3 is 20.6 Å². The Bertz CT molecular complexity index is 1220. The Hall–Kier alpha value is -4.06. The molecule has 0 aliphatic heterocycles. The Morgan fingerprint density at radius 1 is 1.09 bits per heavy atom. The number of ether oxygens (including phenoxy) is 1. The normalized spacial score (nSPS) is 11.0. The summed E-state index contributed by atoms with van der Waals surface area (Å²) in [4.78, 5) is 31.7. The number of nitrogens with zero attached hydrogens (tertiary/aromatic N) is 1. The van der Waals surface area contributed by atoms with Crippen molar-refractivity contribution in [3.05, 3.63) is 82.4 Å². The minimum absolute atomic E-state index is 0.0120. The molecule has 3 amide bonds. The van der Waals surface area contributed by atoms with Crippen molar-refractivity contribution in [2.24, 2.45) is 5.73 Å². The first kappa shape index (κ1) is 24.6. The quantitative estimate of drug-likeness (QED) is 0.323. The molecule has 3 aromatic rings. The van der Waals surface area contributed by atoms with Gasteiger partial charge in [0, 0.05) is 18.0 Å². The molecule has 0 atom stereocenters. The van der Waals surface area contributed by atoms with Crippen molar-refractivity contribution in [2.45, 2.75) is 12.8 Å². The Labute approximate surface area is 194 Å². The van der Waals surface area contributed by atoms with E-state index in [9.17, 15) is 27.2 Å². The highest BCUT2D eigenvalue weighted by atomic mass is 35.5. The molecule has 1 aromatic heterocycles. The number of hydroxylamine groups is 1. The lowest BCUT2D eigenvalue weighted by Crippen LogP contribution is -2.31. The van der Waals surface area contributed by atoms with Gasteiger partial charge in [-0.1, -0.05) is 11.6 Å². The van der Waals surface area contributed by atoms with Crippen LogP contribution in [0.3, 0.4) is 0 Å². The molecule has 13 heteroatoms. The van der Waals surface area contributed by atoms with Crippen LogP contribution in [0, 0.1) is 5.82 Å². The minimum Gasteiger partial charge on any atom is -0.486 e. The van der Waals surface area contributed by atoms with Crippen LogP contribution >= 0.6 is 11.6 Å². The summed E-state index contributed by atoms with van der Waals surface area (Å²) in [6, 6.07) is 8.21. The van der Waals surface area contributed by atoms with Crippen molar-refractivity contribution in [2.75, 3.05) is 5.32 Å². The van der Waals surface area contributed by atoms with E-state index < -0.39 is 34.5 Å². The molecular formula is C21H15ClF4N4O4. The first-order chi connectivity index (χ1) is 16.0. The van der Waals surface area contributed by atoms with Gasteiger partial charge in [-0.25, -0.2) is 9.18 Å². The van der Waals surface area contributed by atoms with Crippen LogP contribution in [0.2, 0.25) is 5.02 Å². The SMILES string of the molecule is NC(=O)c1cc(COc2ccc(NC(=O)NOc3ccc(Cl)c(C(F)(F)F)c3)cc2F)ccn1. The fourth-order valence-electron chi connectivity index (χ4n) is 2.60. The fourth-order valence-corrected chi connectivity index (χ4v) is 2.83. The van der Waals surface area contributed by atoms with E-state index >= 15 is 0 Å². The smallest absolute Gasteiger partial charge is 0.417 e. The summed E-state index contributed by atoms with van der Waals surface area (Å²) < 4.78 is 58.3. The van der Waals surface area contributed by atoms with E-state index in [-0.39, 0.29) is 29.5 Å². The summed E-state index contributed by atoms with van der Waals surface area (Å²) in [7, 11) is 0. The third-order valence-electron chi connectivity index (χ3n) is 4.17. The summed E-state index contributed by atoms with van der Waals surface area (Å²) in [6.45, 7) is -0.0815. The maximum Gasteiger partial charge on any atom is 0.417 e. The van der Waals surface area contributed by atoms with Crippen LogP contribution in [0.15, 0.2) is 54.7 Å². The van der Waals surface area contributed by atoms with Gasteiger partial charge in [-0.3, -0.25) is 9.78 Å². The molecule has 0 fully saturated rings. The predicted octanol–water partition coefficient (Wildman–Crippen LogP) is 4.69. The molecule has 8 nitrogen and oxygen atoms in total. The number of anilines is 1. The number of primary amides is 1. The molecule has 34 heavy (non-hydrogen) atoms. The lowest BCUT2D eigenvalue weighted by atomic mass is 10.2. The molecule has 2 aromatic carbocycles. The second-order valence-corrected chi connectivity index (χ2v) is 7.05. The van der Waals surface area contributed by atoms with Gasteiger partial charge in [-0.2, -0.15) is 18.7 Å². The third kappa shape index (κ3) is 6.48. The minimum atomic E-state index is -4.71. The lowest BCUT2D eigenvalue weighted by Gasteiger charge is -2.13. The van der Waals surface area contributed by atoms with Gasteiger partial charge in [0.05, 0.1) is 10.6 Å². The number of nitrogens with two attached hydrogens (primary N) is 1. The number of carbonyl (C=O) groups excluding carboxylic acids is 2. The molecule has 0 radical (unpaired) electrons. The van der Waals surface area contributed by atoms with E-state index in [1.165, 1.54) is 24.4 Å². The van der Waals surface area contributed by atoms with E-state index in [0.29, 0.717) is 11.6 Å². The molecule has 1 heterocycles. The second kappa shape index (κ2) is 10.3. The molecular weight excluding hydrogens is 484 g/mol. The highest BCUT2D eigenvalue weighted by Gasteiger charge is 2.33. The van der Waals surface area contributed by atoms with Crippen molar-refractivity contribution in [1.82, 2.24) is 10.5 Å². The van der Waals surface area contributed by atoms with Crippen molar-refractivity contribution in [1.29, 1.82) is 0 Å². The number of halogens is 5. The van der Waals surface area contributed by atoms with Gasteiger partial charge in [0.15, 0.2) is 17.3 Å². The fraction of sp³-hybridized carbons (Fsp3) is 0.0952. The standard InChI is InChI=1S/C21H15ClF4N4O4/c22-15-3-2-13(9-14(15)21(24,25)26)34-30-20(32)29-12-1-4-18(16(23)8-12)33-10-11-5-6-28-17(7-11)19(27)31/h1-9H,10H2,(H2,27,31)(H2,29,30,32). The van der Waals surface area contributed by atoms with Gasteiger partial charge >= 0.3 is 12.2 Å². The predicted molar refractivity (Wildman–Crippen MR) is 113 cm³/mol. The number of aromatic nitrogens is 1. The number of benzene rings is 2. The van der Waals surface area contributed by atoms with Gasteiger partial charge in [-0.05, 0) is 48.0 Å². The Morgan fingerprint density at radius 2 is 1.85 bits per heavy atom. The van der Waals surface area contributed by atoms with E-state index in [4.69, 9.17) is 26.9 Å². The van der Waals surface area contributed by atoms with Crippen molar-refractivity contribution in [3.8, 4) is 11.5 Å². The Kier molecular flexibility index (Phi) is 7.41. The highest BCUT2D eigenvalue weighted by Crippen LogP contribution is 2.36. The number of hydrogen-bond acceptors (Lipinski definition) is 5. The Morgan fingerprint density at radius 3 is 2.53 bits per heavy atom. The molecule has 0 bridgehead atoms. The first-order valence-corrected chi connectivity index (χ1v) is 9.68. The number of nitrogens with one attached hydrogen (secondary N) is 2. The van der Waals surface area contributed by atoms with E-state index in [0.717, 1.165) is 18.2 Å². The van der Waals surface area contributed by atoms with Gasteiger partial charge in [0.2, 0.25) is 0 Å². The van der Waals surface area contributed by atoms with E-state index in [1.54, 1.807) is 6.07 Å². The van der Waals surface area contributed by atoms with E-state index in [1.807, 2.05) is 5.48 Å². The van der Waals surface area contributed by atoms with Crippen LogP contribution in [0.1, 0.15) is 21.6 Å². The number of carbonyl (C=O) groups is 2. The summed E-state index contributed by atoms with van der Waals surface area (Å²) in [5.41, 5.74) is 6.47. The molecule has 0 aliphatic carbocycles. The average molecular weight is 499 g/mol. The molecule has 0 saturated carbocycles. The number of alkyl halides is 3. The zero-order valence-electron chi connectivity index (χ0n) is 17.0. The van der Waals surface area contributed by atoms with Crippen LogP contribution < -0.4 is 26.1 Å². The molecule has 0 aliphatic rings. The number of rotatable bonds is 7. The maximum absolute atomic E-state index is 14.3. The third-order valence-corrected chi connectivity index (χ3v) is 4.50. The topological polar surface area (TPSA) is 116 Å². The average Bonchev–Trinajstić information content (AvgIpc) is 2.77. The van der Waals surface area contributed by atoms with Gasteiger partial charge in [-0.15, -0.1) is 0 Å². The number of urea groups is 1. The van der Waals surface area contributed by atoms with Crippen molar-refractivity contribution in [3.63, 3.8) is 0 Å². The molecule has 4 N–H and O–H groups in total. The number of pyridine rings is 1. The lowest BCUT2D eigenvalue weighted by molar-refractivity contribution is -0.137. The number of amides is 3. The first-order valence-electron chi connectivity index (χ1n) is 9.30. The van der Waals surface area contributed by atoms with Gasteiger partial charge in [0.25, 0.3) is 5.91 Å². The zero-order chi connectivity index (χ0) is 24.9. The second-order valence-electron chi connectivity index (χ2n) is 6.65.